The lowest BCUT2D eigenvalue weighted by molar-refractivity contribution is -0.350. The minimum atomic E-state index is -2.20. The molecule has 1 aliphatic heterocycles. The third kappa shape index (κ3) is 2.03. The Balaban J connectivity index is 2.84. The first-order valence-electron chi connectivity index (χ1n) is 4.07. The van der Waals surface area contributed by atoms with E-state index in [-0.39, 0.29) is 0 Å². The number of aliphatic hydroxyl groups excluding tert-OH is 4. The van der Waals surface area contributed by atoms with Crippen LogP contribution in [0.3, 0.4) is 0 Å². The summed E-state index contributed by atoms with van der Waals surface area (Å²) in [5.74, 6) is -2.20. The maximum Gasteiger partial charge on any atom is 0.219 e. The zero-order chi connectivity index (χ0) is 10.9. The summed E-state index contributed by atoms with van der Waals surface area (Å²) in [4.78, 5) is 0. The second-order valence-corrected chi connectivity index (χ2v) is 4.12. The fourth-order valence-electron chi connectivity index (χ4n) is 1.33. The van der Waals surface area contributed by atoms with E-state index in [4.69, 9.17) is 9.84 Å². The number of hydrogen-bond acceptors (Lipinski definition) is 6. The summed E-state index contributed by atoms with van der Waals surface area (Å²) >= 11 is 1.90. The third-order valence-corrected chi connectivity index (χ3v) is 3.12. The number of alkyl halides is 1. The smallest absolute Gasteiger partial charge is 0.219 e. The van der Waals surface area contributed by atoms with Crippen LogP contribution < -0.4 is 0 Å². The molecule has 1 heterocycles. The van der Waals surface area contributed by atoms with E-state index in [1.807, 2.05) is 22.6 Å². The van der Waals surface area contributed by atoms with Gasteiger partial charge in [-0.25, -0.2) is 0 Å². The van der Waals surface area contributed by atoms with Crippen molar-refractivity contribution in [2.45, 2.75) is 30.2 Å². The van der Waals surface area contributed by atoms with E-state index in [2.05, 4.69) is 0 Å². The van der Waals surface area contributed by atoms with Crippen LogP contribution in [-0.4, -0.2) is 66.8 Å². The maximum absolute atomic E-state index is 9.54. The van der Waals surface area contributed by atoms with Crippen LogP contribution in [0.4, 0.5) is 0 Å². The molecule has 1 saturated heterocycles. The van der Waals surface area contributed by atoms with Crippen LogP contribution in [0.15, 0.2) is 0 Å². The fraction of sp³-hybridized carbons (Fsp3) is 1.00. The highest BCUT2D eigenvalue weighted by atomic mass is 131. The van der Waals surface area contributed by atoms with Crippen molar-refractivity contribution in [1.29, 1.82) is 0 Å². The van der Waals surface area contributed by atoms with Gasteiger partial charge in [0.15, 0.2) is 0 Å². The largest absolute Gasteiger partial charge is 0.391 e. The first-order chi connectivity index (χ1) is 6.46. The first kappa shape index (κ1) is 12.6. The summed E-state index contributed by atoms with van der Waals surface area (Å²) in [7, 11) is 0. The minimum Gasteiger partial charge on any atom is -0.391 e. The number of rotatable bonds is 2. The van der Waals surface area contributed by atoms with Crippen LogP contribution in [0.25, 0.3) is 0 Å². The topological polar surface area (TPSA) is 110 Å². The highest BCUT2D eigenvalue weighted by Gasteiger charge is 2.52. The van der Waals surface area contributed by atoms with E-state index in [9.17, 15) is 20.4 Å². The highest BCUT2D eigenvalue weighted by molar-refractivity contribution is 14.1. The molecule has 1 aliphatic rings. The monoisotopic (exact) mass is 324 g/mol. The molecule has 0 unspecified atom stereocenters. The van der Waals surface area contributed by atoms with E-state index < -0.39 is 36.8 Å². The Labute approximate surface area is 94.3 Å². The van der Waals surface area contributed by atoms with Gasteiger partial charge in [-0.2, -0.15) is 0 Å². The van der Waals surface area contributed by atoms with E-state index in [0.717, 1.165) is 0 Å². The predicted molar refractivity (Wildman–Crippen MR) is 53.8 cm³/mol. The molecule has 0 amide bonds. The van der Waals surface area contributed by atoms with Crippen molar-refractivity contribution >= 4 is 22.6 Å². The van der Waals surface area contributed by atoms with Crippen LogP contribution in [0.1, 0.15) is 0 Å². The molecule has 1 rings (SSSR count). The molecule has 5 N–H and O–H groups in total. The SMILES string of the molecule is OC[C@@]1(O)O[C@H](C[131I])[C@@H](O)[C@H](O)[C@@H]1O. The Morgan fingerprint density at radius 1 is 1.21 bits per heavy atom. The Kier molecular flexibility index (Phi) is 4.09. The Morgan fingerprint density at radius 3 is 2.21 bits per heavy atom. The molecular weight excluding hydrogens is 311 g/mol. The average Bonchev–Trinajstić information content (AvgIpc) is 2.20. The van der Waals surface area contributed by atoms with Gasteiger partial charge >= 0.3 is 0 Å². The average molecular weight is 324 g/mol. The fourth-order valence-corrected chi connectivity index (χ4v) is 2.03. The molecule has 0 aromatic carbocycles. The number of hydrogen-bond donors (Lipinski definition) is 5. The van der Waals surface area contributed by atoms with Gasteiger partial charge in [0.25, 0.3) is 0 Å². The van der Waals surface area contributed by atoms with Crippen molar-refractivity contribution in [3.05, 3.63) is 0 Å². The van der Waals surface area contributed by atoms with E-state index in [1.54, 1.807) is 0 Å². The molecule has 7 heteroatoms. The van der Waals surface area contributed by atoms with Gasteiger partial charge in [0.1, 0.15) is 18.3 Å². The highest BCUT2D eigenvalue weighted by Crippen LogP contribution is 2.28. The summed E-state index contributed by atoms with van der Waals surface area (Å²) < 4.78 is 5.23. The summed E-state index contributed by atoms with van der Waals surface area (Å²) in [6, 6.07) is 0. The van der Waals surface area contributed by atoms with Crippen molar-refractivity contribution in [3.63, 3.8) is 0 Å². The zero-order valence-electron chi connectivity index (χ0n) is 7.25. The van der Waals surface area contributed by atoms with Crippen LogP contribution in [-0.2, 0) is 4.74 Å². The Morgan fingerprint density at radius 2 is 1.79 bits per heavy atom. The summed E-state index contributed by atoms with van der Waals surface area (Å²) in [6.07, 6.45) is -5.33. The van der Waals surface area contributed by atoms with Crippen molar-refractivity contribution in [2.75, 3.05) is 11.0 Å². The zero-order valence-corrected chi connectivity index (χ0v) is 9.40. The van der Waals surface area contributed by atoms with Gasteiger partial charge in [-0.05, 0) is 0 Å². The lowest BCUT2D eigenvalue weighted by Crippen LogP contribution is -2.66. The van der Waals surface area contributed by atoms with Crippen molar-refractivity contribution in [3.8, 4) is 0 Å². The second-order valence-electron chi connectivity index (χ2n) is 3.24. The lowest BCUT2D eigenvalue weighted by atomic mass is 9.93. The van der Waals surface area contributed by atoms with Gasteiger partial charge in [-0.15, -0.1) is 0 Å². The second kappa shape index (κ2) is 4.56. The molecule has 0 aliphatic carbocycles. The summed E-state index contributed by atoms with van der Waals surface area (Å²) in [6.45, 7) is -0.842. The van der Waals surface area contributed by atoms with Crippen LogP contribution in [0, 0.1) is 0 Å². The maximum atomic E-state index is 9.54. The quantitative estimate of drug-likeness (QED) is 0.286. The molecule has 0 bridgehead atoms. The molecule has 0 aromatic heterocycles. The van der Waals surface area contributed by atoms with E-state index >= 15 is 0 Å². The first-order valence-corrected chi connectivity index (χ1v) is 5.60. The molecule has 1 fully saturated rings. The predicted octanol–water partition coefficient (Wildman–Crippen LogP) is -2.42. The van der Waals surface area contributed by atoms with Crippen LogP contribution in [0.5, 0.6) is 0 Å². The number of halogens is 1. The third-order valence-electron chi connectivity index (χ3n) is 2.25. The van der Waals surface area contributed by atoms with Gasteiger partial charge in [-0.3, -0.25) is 0 Å². The molecule has 0 saturated carbocycles. The standard InChI is InChI=1S/C7H13IO6/c8-1-3-4(10)5(11)6(12)7(13,2-9)14-3/h3-6,9-13H,1-2H2/t3-,4-,5+,6+,7-/m1/s1/i8+4. The van der Waals surface area contributed by atoms with Crippen molar-refractivity contribution in [1.82, 2.24) is 0 Å². The van der Waals surface area contributed by atoms with Gasteiger partial charge in [0.05, 0.1) is 12.7 Å². The summed E-state index contributed by atoms with van der Waals surface area (Å²) in [5.41, 5.74) is 0. The molecule has 84 valence electrons. The Hall–Kier alpha value is 0.490. The minimum absolute atomic E-state index is 0.324. The molecule has 0 aromatic rings. The molecule has 5 atom stereocenters. The van der Waals surface area contributed by atoms with E-state index in [0.29, 0.717) is 4.43 Å². The van der Waals surface area contributed by atoms with Gasteiger partial charge < -0.3 is 30.3 Å². The molecule has 0 spiro atoms. The van der Waals surface area contributed by atoms with Crippen molar-refractivity contribution in [2.24, 2.45) is 0 Å². The molecule has 14 heavy (non-hydrogen) atoms. The number of aliphatic hydroxyl groups is 5. The lowest BCUT2D eigenvalue weighted by Gasteiger charge is -2.44. The van der Waals surface area contributed by atoms with Crippen LogP contribution >= 0.6 is 22.6 Å². The van der Waals surface area contributed by atoms with Crippen molar-refractivity contribution < 1.29 is 30.3 Å². The molecular formula is C7H13IO6. The Bertz CT molecular complexity index is 201. The summed E-state index contributed by atoms with van der Waals surface area (Å²) in [5, 5.41) is 46.4. The molecule has 6 nitrogen and oxygen atoms in total. The van der Waals surface area contributed by atoms with Gasteiger partial charge in [0.2, 0.25) is 5.79 Å². The normalized spacial score (nSPS) is 49.3. The van der Waals surface area contributed by atoms with Gasteiger partial charge in [-0.1, -0.05) is 22.6 Å². The van der Waals surface area contributed by atoms with E-state index in [1.165, 1.54) is 0 Å². The van der Waals surface area contributed by atoms with Gasteiger partial charge in [0, 0.05) is 4.43 Å². The number of ether oxygens (including phenoxy) is 1. The molecule has 0 radical (unpaired) electrons. The van der Waals surface area contributed by atoms with Crippen LogP contribution in [0.2, 0.25) is 0 Å².